The summed E-state index contributed by atoms with van der Waals surface area (Å²) in [6, 6.07) is 14.0. The maximum absolute atomic E-state index is 13.4. The zero-order valence-corrected chi connectivity index (χ0v) is 17.3. The number of nitrogens with two attached hydrogens (primary N) is 1. The van der Waals surface area contributed by atoms with Crippen molar-refractivity contribution in [1.82, 2.24) is 4.90 Å². The number of rotatable bonds is 6. The van der Waals surface area contributed by atoms with Gasteiger partial charge in [-0.25, -0.2) is 12.8 Å². The largest absolute Gasteiger partial charge is 0.338 e. The third kappa shape index (κ3) is 5.33. The first-order valence-electron chi connectivity index (χ1n) is 9.50. The van der Waals surface area contributed by atoms with Gasteiger partial charge in [0.1, 0.15) is 6.17 Å². The van der Waals surface area contributed by atoms with Crippen LogP contribution in [0, 0.1) is 0 Å². The van der Waals surface area contributed by atoms with Crippen molar-refractivity contribution in [2.24, 2.45) is 5.73 Å². The summed E-state index contributed by atoms with van der Waals surface area (Å²) in [7, 11) is -3.35. The molecule has 1 saturated heterocycles. The molecular weight excluding hydrogens is 393 g/mol. The van der Waals surface area contributed by atoms with E-state index in [1.807, 2.05) is 37.3 Å². The molecule has 1 fully saturated rings. The van der Waals surface area contributed by atoms with E-state index in [1.165, 1.54) is 4.90 Å². The third-order valence-electron chi connectivity index (χ3n) is 5.20. The smallest absolute Gasteiger partial charge is 0.240 e. The van der Waals surface area contributed by atoms with Crippen LogP contribution < -0.4 is 10.5 Å². The summed E-state index contributed by atoms with van der Waals surface area (Å²) in [6.07, 6.45) is 0.513. The second-order valence-electron chi connectivity index (χ2n) is 7.56. The van der Waals surface area contributed by atoms with Crippen LogP contribution in [0.1, 0.15) is 24.8 Å². The molecule has 6 nitrogen and oxygen atoms in total. The Kier molecular flexibility index (Phi) is 6.24. The fraction of sp³-hybridized carbons (Fsp3) is 0.381. The van der Waals surface area contributed by atoms with E-state index < -0.39 is 22.2 Å². The van der Waals surface area contributed by atoms with Gasteiger partial charge < -0.3 is 10.6 Å². The fourth-order valence-electron chi connectivity index (χ4n) is 3.51. The average Bonchev–Trinajstić information content (AvgIpc) is 3.11. The number of nitrogens with zero attached hydrogens (tertiary/aromatic N) is 1. The Hall–Kier alpha value is -2.45. The summed E-state index contributed by atoms with van der Waals surface area (Å²) in [5.74, 6) is -0.435. The van der Waals surface area contributed by atoms with Crippen LogP contribution in [0.15, 0.2) is 48.5 Å². The fourth-order valence-corrected chi connectivity index (χ4v) is 4.06. The highest BCUT2D eigenvalue weighted by molar-refractivity contribution is 7.92. The number of nitrogens with one attached hydrogen (secondary N) is 1. The van der Waals surface area contributed by atoms with E-state index in [0.717, 1.165) is 22.9 Å². The Morgan fingerprint density at radius 2 is 1.90 bits per heavy atom. The SMILES string of the molecule is C[C@@H](c1ccc(-c2cccc(NS(C)(=O)=O)c2)cc1)[C@H](N)C(=O)N1CC[C@H](F)C1. The Morgan fingerprint density at radius 1 is 1.21 bits per heavy atom. The van der Waals surface area contributed by atoms with Crippen molar-refractivity contribution in [3.8, 4) is 11.1 Å². The molecule has 1 amide bonds. The monoisotopic (exact) mass is 419 g/mol. The predicted molar refractivity (Wildman–Crippen MR) is 113 cm³/mol. The van der Waals surface area contributed by atoms with Crippen molar-refractivity contribution in [1.29, 1.82) is 0 Å². The summed E-state index contributed by atoms with van der Waals surface area (Å²) in [5.41, 5.74) is 9.35. The molecule has 8 heteroatoms. The van der Waals surface area contributed by atoms with Crippen molar-refractivity contribution in [2.75, 3.05) is 24.1 Å². The molecule has 0 unspecified atom stereocenters. The molecule has 1 heterocycles. The summed E-state index contributed by atoms with van der Waals surface area (Å²) in [4.78, 5) is 14.0. The molecule has 0 aliphatic carbocycles. The number of benzene rings is 2. The van der Waals surface area contributed by atoms with Gasteiger partial charge >= 0.3 is 0 Å². The molecule has 3 N–H and O–H groups in total. The van der Waals surface area contributed by atoms with Crippen molar-refractivity contribution in [2.45, 2.75) is 31.5 Å². The molecule has 3 rings (SSSR count). The highest BCUT2D eigenvalue weighted by Gasteiger charge is 2.32. The molecule has 0 aromatic heterocycles. The molecule has 2 aromatic rings. The number of halogens is 1. The number of amides is 1. The van der Waals surface area contributed by atoms with Gasteiger partial charge in [0.15, 0.2) is 0 Å². The first-order valence-corrected chi connectivity index (χ1v) is 11.4. The molecule has 0 radical (unpaired) electrons. The Bertz CT molecular complexity index is 979. The summed E-state index contributed by atoms with van der Waals surface area (Å²) in [6.45, 7) is 2.42. The van der Waals surface area contributed by atoms with Crippen molar-refractivity contribution < 1.29 is 17.6 Å². The maximum Gasteiger partial charge on any atom is 0.240 e. The topological polar surface area (TPSA) is 92.5 Å². The number of hydrogen-bond acceptors (Lipinski definition) is 4. The van der Waals surface area contributed by atoms with Crippen LogP contribution in [0.2, 0.25) is 0 Å². The molecule has 1 aliphatic heterocycles. The zero-order valence-electron chi connectivity index (χ0n) is 16.5. The van der Waals surface area contributed by atoms with Crippen LogP contribution in [-0.2, 0) is 14.8 Å². The van der Waals surface area contributed by atoms with Gasteiger partial charge in [-0.3, -0.25) is 9.52 Å². The Labute approximate surface area is 171 Å². The lowest BCUT2D eigenvalue weighted by atomic mass is 9.91. The molecule has 0 bridgehead atoms. The number of hydrogen-bond donors (Lipinski definition) is 2. The van der Waals surface area contributed by atoms with E-state index in [1.54, 1.807) is 18.2 Å². The van der Waals surface area contributed by atoms with Gasteiger partial charge in [-0.15, -0.1) is 0 Å². The Morgan fingerprint density at radius 3 is 2.48 bits per heavy atom. The van der Waals surface area contributed by atoms with Gasteiger partial charge in [0.05, 0.1) is 18.8 Å². The number of carbonyl (C=O) groups is 1. The van der Waals surface area contributed by atoms with Crippen LogP contribution in [-0.4, -0.2) is 50.8 Å². The maximum atomic E-state index is 13.4. The number of sulfonamides is 1. The normalized spacial score (nSPS) is 19.0. The van der Waals surface area contributed by atoms with Gasteiger partial charge in [0.25, 0.3) is 0 Å². The lowest BCUT2D eigenvalue weighted by Crippen LogP contribution is -2.45. The van der Waals surface area contributed by atoms with Crippen LogP contribution in [0.3, 0.4) is 0 Å². The minimum absolute atomic E-state index is 0.121. The van der Waals surface area contributed by atoms with Crippen LogP contribution in [0.25, 0.3) is 11.1 Å². The highest BCUT2D eigenvalue weighted by Crippen LogP contribution is 2.27. The van der Waals surface area contributed by atoms with Gasteiger partial charge in [-0.2, -0.15) is 0 Å². The van der Waals surface area contributed by atoms with E-state index in [-0.39, 0.29) is 18.4 Å². The van der Waals surface area contributed by atoms with Gasteiger partial charge in [0, 0.05) is 18.2 Å². The lowest BCUT2D eigenvalue weighted by Gasteiger charge is -2.25. The van der Waals surface area contributed by atoms with E-state index in [0.29, 0.717) is 18.7 Å². The van der Waals surface area contributed by atoms with Crippen molar-refractivity contribution >= 4 is 21.6 Å². The van der Waals surface area contributed by atoms with Crippen molar-refractivity contribution in [3.05, 3.63) is 54.1 Å². The molecule has 2 aromatic carbocycles. The first kappa shape index (κ1) is 21.3. The highest BCUT2D eigenvalue weighted by atomic mass is 32.2. The van der Waals surface area contributed by atoms with Gasteiger partial charge in [0.2, 0.25) is 15.9 Å². The van der Waals surface area contributed by atoms with Crippen LogP contribution in [0.4, 0.5) is 10.1 Å². The third-order valence-corrected chi connectivity index (χ3v) is 5.81. The second-order valence-corrected chi connectivity index (χ2v) is 9.31. The molecule has 3 atom stereocenters. The molecule has 156 valence electrons. The summed E-state index contributed by atoms with van der Waals surface area (Å²) in [5, 5.41) is 0. The average molecular weight is 420 g/mol. The number of anilines is 1. The molecular formula is C21H26FN3O3S. The van der Waals surface area contributed by atoms with Crippen molar-refractivity contribution in [3.63, 3.8) is 0 Å². The number of alkyl halides is 1. The standard InChI is InChI=1S/C21H26FN3O3S/c1-14(20(23)21(26)25-11-10-18(22)13-25)15-6-8-16(9-7-15)17-4-3-5-19(12-17)24-29(2,27)28/h3-9,12,14,18,20,24H,10-11,13,23H2,1-2H3/t14-,18-,20-/m0/s1. The van der Waals surface area contributed by atoms with E-state index in [4.69, 9.17) is 5.73 Å². The van der Waals surface area contributed by atoms with Gasteiger partial charge in [-0.05, 0) is 35.2 Å². The first-order chi connectivity index (χ1) is 13.6. The molecule has 29 heavy (non-hydrogen) atoms. The lowest BCUT2D eigenvalue weighted by molar-refractivity contribution is -0.132. The van der Waals surface area contributed by atoms with E-state index >= 15 is 0 Å². The number of carbonyl (C=O) groups excluding carboxylic acids is 1. The minimum atomic E-state index is -3.35. The number of likely N-dealkylation sites (tertiary alicyclic amines) is 1. The zero-order chi connectivity index (χ0) is 21.2. The van der Waals surface area contributed by atoms with E-state index in [9.17, 15) is 17.6 Å². The second kappa shape index (κ2) is 8.51. The van der Waals surface area contributed by atoms with Gasteiger partial charge in [-0.1, -0.05) is 43.3 Å². The Balaban J connectivity index is 1.73. The predicted octanol–water partition coefficient (Wildman–Crippen LogP) is 2.73. The summed E-state index contributed by atoms with van der Waals surface area (Å²) < 4.78 is 38.7. The quantitative estimate of drug-likeness (QED) is 0.753. The minimum Gasteiger partial charge on any atom is -0.338 e. The molecule has 0 spiro atoms. The van der Waals surface area contributed by atoms with E-state index in [2.05, 4.69) is 4.72 Å². The molecule has 0 saturated carbocycles. The van der Waals surface area contributed by atoms with Crippen LogP contribution in [0.5, 0.6) is 0 Å². The summed E-state index contributed by atoms with van der Waals surface area (Å²) >= 11 is 0. The molecule has 1 aliphatic rings. The van der Waals surface area contributed by atoms with Crippen LogP contribution >= 0.6 is 0 Å².